The molecule has 0 aliphatic heterocycles. The van der Waals surface area contributed by atoms with Crippen LogP contribution in [0.25, 0.3) is 0 Å². The lowest BCUT2D eigenvalue weighted by Gasteiger charge is -2.08. The Morgan fingerprint density at radius 3 is 3.00 bits per heavy atom. The van der Waals surface area contributed by atoms with Crippen LogP contribution >= 0.6 is 15.9 Å². The van der Waals surface area contributed by atoms with E-state index in [9.17, 15) is 9.18 Å². The fourth-order valence-electron chi connectivity index (χ4n) is 1.88. The molecule has 0 fully saturated rings. The molecule has 0 saturated heterocycles. The number of imidazole rings is 1. The standard InChI is InChI=1S/C14H15BrFN3O/c1-10-17-5-7-19(10)8-6-18-13(20)9-11-3-2-4-12(15)14(11)16/h2-5,7H,6,8-9H2,1H3,(H,18,20). The molecule has 0 bridgehead atoms. The quantitative estimate of drug-likeness (QED) is 0.909. The highest BCUT2D eigenvalue weighted by Gasteiger charge is 2.10. The van der Waals surface area contributed by atoms with Crippen LogP contribution in [0, 0.1) is 12.7 Å². The number of halogens is 2. The van der Waals surface area contributed by atoms with Crippen LogP contribution in [-0.2, 0) is 17.8 Å². The summed E-state index contributed by atoms with van der Waals surface area (Å²) in [5.74, 6) is 0.324. The lowest BCUT2D eigenvalue weighted by Crippen LogP contribution is -2.29. The smallest absolute Gasteiger partial charge is 0.224 e. The van der Waals surface area contributed by atoms with Crippen molar-refractivity contribution >= 4 is 21.8 Å². The summed E-state index contributed by atoms with van der Waals surface area (Å²) >= 11 is 3.11. The Morgan fingerprint density at radius 2 is 2.30 bits per heavy atom. The molecule has 0 spiro atoms. The van der Waals surface area contributed by atoms with E-state index in [1.807, 2.05) is 17.7 Å². The highest BCUT2D eigenvalue weighted by atomic mass is 79.9. The third kappa shape index (κ3) is 3.66. The molecule has 20 heavy (non-hydrogen) atoms. The van der Waals surface area contributed by atoms with Crippen LogP contribution in [-0.4, -0.2) is 22.0 Å². The SMILES string of the molecule is Cc1nccn1CCNC(=O)Cc1cccc(Br)c1F. The van der Waals surface area contributed by atoms with E-state index in [4.69, 9.17) is 0 Å². The second-order valence-electron chi connectivity index (χ2n) is 4.41. The summed E-state index contributed by atoms with van der Waals surface area (Å²) in [5.41, 5.74) is 0.385. The average molecular weight is 340 g/mol. The van der Waals surface area contributed by atoms with E-state index in [-0.39, 0.29) is 18.1 Å². The highest BCUT2D eigenvalue weighted by Crippen LogP contribution is 2.18. The van der Waals surface area contributed by atoms with Crippen molar-refractivity contribution in [2.45, 2.75) is 19.9 Å². The Labute approximate surface area is 125 Å². The van der Waals surface area contributed by atoms with Gasteiger partial charge in [0.2, 0.25) is 5.91 Å². The summed E-state index contributed by atoms with van der Waals surface area (Å²) in [5, 5.41) is 2.77. The van der Waals surface area contributed by atoms with Crippen molar-refractivity contribution in [1.29, 1.82) is 0 Å². The first kappa shape index (κ1) is 14.7. The lowest BCUT2D eigenvalue weighted by atomic mass is 10.1. The van der Waals surface area contributed by atoms with Gasteiger partial charge in [-0.2, -0.15) is 0 Å². The number of rotatable bonds is 5. The normalized spacial score (nSPS) is 10.6. The molecule has 1 amide bonds. The zero-order chi connectivity index (χ0) is 14.5. The van der Waals surface area contributed by atoms with E-state index >= 15 is 0 Å². The lowest BCUT2D eigenvalue weighted by molar-refractivity contribution is -0.120. The number of aromatic nitrogens is 2. The molecule has 1 heterocycles. The first-order valence-electron chi connectivity index (χ1n) is 6.25. The maximum Gasteiger partial charge on any atom is 0.224 e. The van der Waals surface area contributed by atoms with Crippen LogP contribution in [0.3, 0.4) is 0 Å². The van der Waals surface area contributed by atoms with Gasteiger partial charge < -0.3 is 9.88 Å². The highest BCUT2D eigenvalue weighted by molar-refractivity contribution is 9.10. The molecule has 2 rings (SSSR count). The molecule has 0 saturated carbocycles. The second kappa shape index (κ2) is 6.65. The number of amides is 1. The largest absolute Gasteiger partial charge is 0.354 e. The monoisotopic (exact) mass is 339 g/mol. The number of nitrogens with one attached hydrogen (secondary N) is 1. The molecule has 2 aromatic rings. The average Bonchev–Trinajstić information content (AvgIpc) is 2.81. The summed E-state index contributed by atoms with van der Waals surface area (Å²) in [6, 6.07) is 4.93. The van der Waals surface area contributed by atoms with E-state index < -0.39 is 0 Å². The molecular weight excluding hydrogens is 325 g/mol. The maximum absolute atomic E-state index is 13.7. The number of carbonyl (C=O) groups excluding carboxylic acids is 1. The van der Waals surface area contributed by atoms with Crippen molar-refractivity contribution in [3.63, 3.8) is 0 Å². The molecule has 0 aliphatic carbocycles. The predicted molar refractivity (Wildman–Crippen MR) is 77.8 cm³/mol. The number of benzene rings is 1. The fraction of sp³-hybridized carbons (Fsp3) is 0.286. The molecule has 1 aromatic carbocycles. The van der Waals surface area contributed by atoms with Gasteiger partial charge in [-0.1, -0.05) is 12.1 Å². The van der Waals surface area contributed by atoms with Crippen LogP contribution < -0.4 is 5.32 Å². The van der Waals surface area contributed by atoms with Gasteiger partial charge in [-0.25, -0.2) is 9.37 Å². The van der Waals surface area contributed by atoms with Gasteiger partial charge in [-0.05, 0) is 34.5 Å². The molecule has 106 valence electrons. The van der Waals surface area contributed by atoms with Crippen LogP contribution in [0.5, 0.6) is 0 Å². The van der Waals surface area contributed by atoms with Crippen LogP contribution in [0.1, 0.15) is 11.4 Å². The van der Waals surface area contributed by atoms with Crippen LogP contribution in [0.4, 0.5) is 4.39 Å². The minimum absolute atomic E-state index is 0.0359. The van der Waals surface area contributed by atoms with Crippen molar-refractivity contribution in [1.82, 2.24) is 14.9 Å². The topological polar surface area (TPSA) is 46.9 Å². The van der Waals surface area contributed by atoms with Crippen molar-refractivity contribution < 1.29 is 9.18 Å². The molecule has 1 N–H and O–H groups in total. The first-order chi connectivity index (χ1) is 9.58. The summed E-state index contributed by atoms with van der Waals surface area (Å²) in [4.78, 5) is 15.9. The third-order valence-corrected chi connectivity index (χ3v) is 3.59. The van der Waals surface area contributed by atoms with Gasteiger partial charge >= 0.3 is 0 Å². The van der Waals surface area contributed by atoms with Gasteiger partial charge in [0, 0.05) is 25.5 Å². The number of nitrogens with zero attached hydrogens (tertiary/aromatic N) is 2. The van der Waals surface area contributed by atoms with Gasteiger partial charge in [-0.3, -0.25) is 4.79 Å². The zero-order valence-corrected chi connectivity index (χ0v) is 12.7. The van der Waals surface area contributed by atoms with Gasteiger partial charge in [0.05, 0.1) is 10.9 Å². The zero-order valence-electron chi connectivity index (χ0n) is 11.1. The summed E-state index contributed by atoms with van der Waals surface area (Å²) in [6.45, 7) is 3.04. The van der Waals surface area contributed by atoms with Crippen LogP contribution in [0.15, 0.2) is 35.1 Å². The van der Waals surface area contributed by atoms with E-state index in [2.05, 4.69) is 26.2 Å². The first-order valence-corrected chi connectivity index (χ1v) is 7.04. The Hall–Kier alpha value is -1.69. The molecule has 4 nitrogen and oxygen atoms in total. The van der Waals surface area contributed by atoms with Crippen molar-refractivity contribution in [2.75, 3.05) is 6.54 Å². The third-order valence-electron chi connectivity index (χ3n) is 2.98. The number of hydrogen-bond donors (Lipinski definition) is 1. The van der Waals surface area contributed by atoms with Gasteiger partial charge in [0.25, 0.3) is 0 Å². The Morgan fingerprint density at radius 1 is 1.50 bits per heavy atom. The fourth-order valence-corrected chi connectivity index (χ4v) is 2.28. The van der Waals surface area contributed by atoms with Gasteiger partial charge in [0.1, 0.15) is 11.6 Å². The van der Waals surface area contributed by atoms with Crippen molar-refractivity contribution in [3.8, 4) is 0 Å². The Bertz CT molecular complexity index is 612. The van der Waals surface area contributed by atoms with E-state index in [0.717, 1.165) is 5.82 Å². The summed E-state index contributed by atoms with van der Waals surface area (Å²) in [6.07, 6.45) is 3.61. The summed E-state index contributed by atoms with van der Waals surface area (Å²) in [7, 11) is 0. The molecule has 1 aromatic heterocycles. The Balaban J connectivity index is 1.84. The van der Waals surface area contributed by atoms with Crippen LogP contribution in [0.2, 0.25) is 0 Å². The number of aryl methyl sites for hydroxylation is 1. The Kier molecular flexibility index (Phi) is 4.89. The molecule has 0 unspecified atom stereocenters. The van der Waals surface area contributed by atoms with Crippen molar-refractivity contribution in [3.05, 3.63) is 52.3 Å². The van der Waals surface area contributed by atoms with Crippen molar-refractivity contribution in [2.24, 2.45) is 0 Å². The van der Waals surface area contributed by atoms with Gasteiger partial charge in [0.15, 0.2) is 0 Å². The molecule has 0 aliphatic rings. The van der Waals surface area contributed by atoms with E-state index in [0.29, 0.717) is 23.1 Å². The molecule has 0 radical (unpaired) electrons. The summed E-state index contributed by atoms with van der Waals surface area (Å²) < 4.78 is 16.0. The number of hydrogen-bond acceptors (Lipinski definition) is 2. The second-order valence-corrected chi connectivity index (χ2v) is 5.26. The molecule has 0 atom stereocenters. The number of carbonyl (C=O) groups is 1. The van der Waals surface area contributed by atoms with Gasteiger partial charge in [-0.15, -0.1) is 0 Å². The van der Waals surface area contributed by atoms with E-state index in [1.54, 1.807) is 24.4 Å². The molecule has 6 heteroatoms. The predicted octanol–water partition coefficient (Wildman–Crippen LogP) is 2.45. The molecular formula is C14H15BrFN3O. The minimum Gasteiger partial charge on any atom is -0.354 e. The minimum atomic E-state index is -0.381. The maximum atomic E-state index is 13.7. The van der Waals surface area contributed by atoms with E-state index in [1.165, 1.54) is 0 Å².